The van der Waals surface area contributed by atoms with Crippen molar-refractivity contribution in [2.75, 3.05) is 25.6 Å². The van der Waals surface area contributed by atoms with Crippen molar-refractivity contribution in [3.63, 3.8) is 0 Å². The zero-order chi connectivity index (χ0) is 20.4. The minimum absolute atomic E-state index is 0.112. The lowest BCUT2D eigenvalue weighted by molar-refractivity contribution is -0.139. The van der Waals surface area contributed by atoms with Crippen LogP contribution in [0.2, 0.25) is 0 Å². The number of carbonyl (C=O) groups excluding carboxylic acids is 2. The number of carbonyl (C=O) groups is 2. The molecular weight excluding hydrogens is 383 g/mol. The standard InChI is InChI=1S/C21H30ClFN2O3/c1-2-28-14-6-13-25(19(26)15-22)20(16-9-11-17(23)12-10-16)21(27)24-18-7-4-3-5-8-18/h9-12,18,20H,2-8,13-15H2,1H3,(H,24,27)/t20-/m0/s1. The second-order valence-electron chi connectivity index (χ2n) is 7.07. The van der Waals surface area contributed by atoms with Crippen LogP contribution in [-0.4, -0.2) is 48.4 Å². The number of alkyl halides is 1. The quantitative estimate of drug-likeness (QED) is 0.469. The third-order valence-corrected chi connectivity index (χ3v) is 5.25. The van der Waals surface area contributed by atoms with Crippen molar-refractivity contribution in [3.05, 3.63) is 35.6 Å². The van der Waals surface area contributed by atoms with E-state index in [0.717, 1.165) is 25.7 Å². The summed E-state index contributed by atoms with van der Waals surface area (Å²) in [6.07, 6.45) is 5.83. The molecule has 1 aliphatic carbocycles. The lowest BCUT2D eigenvalue weighted by atomic mass is 9.94. The number of halogens is 2. The Morgan fingerprint density at radius 2 is 1.93 bits per heavy atom. The molecule has 1 atom stereocenters. The minimum atomic E-state index is -0.838. The smallest absolute Gasteiger partial charge is 0.247 e. The Bertz CT molecular complexity index is 621. The molecule has 0 aromatic heterocycles. The molecule has 1 saturated carbocycles. The van der Waals surface area contributed by atoms with E-state index in [-0.39, 0.29) is 29.6 Å². The third kappa shape index (κ3) is 6.74. The molecule has 28 heavy (non-hydrogen) atoms. The van der Waals surface area contributed by atoms with Crippen molar-refractivity contribution in [2.45, 2.75) is 57.5 Å². The first kappa shape index (κ1) is 22.6. The Labute approximate surface area is 171 Å². The fourth-order valence-electron chi connectivity index (χ4n) is 3.60. The average molecular weight is 413 g/mol. The van der Waals surface area contributed by atoms with Gasteiger partial charge in [-0.25, -0.2) is 4.39 Å². The molecule has 2 amide bonds. The van der Waals surface area contributed by atoms with Crippen molar-refractivity contribution < 1.29 is 18.7 Å². The number of hydrogen-bond donors (Lipinski definition) is 1. The topological polar surface area (TPSA) is 58.6 Å². The van der Waals surface area contributed by atoms with Gasteiger partial charge in [-0.05, 0) is 43.9 Å². The lowest BCUT2D eigenvalue weighted by Gasteiger charge is -2.33. The highest BCUT2D eigenvalue weighted by Crippen LogP contribution is 2.25. The summed E-state index contributed by atoms with van der Waals surface area (Å²) in [6, 6.07) is 4.99. The Morgan fingerprint density at radius 1 is 1.25 bits per heavy atom. The number of rotatable bonds is 10. The second-order valence-corrected chi connectivity index (χ2v) is 7.34. The maximum absolute atomic E-state index is 13.4. The second kappa shape index (κ2) is 12.0. The molecule has 1 aliphatic rings. The SMILES string of the molecule is CCOCCCN(C(=O)CCl)[C@H](C(=O)NC1CCCCC1)c1ccc(F)cc1. The number of amides is 2. The summed E-state index contributed by atoms with van der Waals surface area (Å²) < 4.78 is 18.8. The summed E-state index contributed by atoms with van der Waals surface area (Å²) in [6.45, 7) is 3.32. The summed E-state index contributed by atoms with van der Waals surface area (Å²) in [5.41, 5.74) is 0.574. The van der Waals surface area contributed by atoms with E-state index in [2.05, 4.69) is 5.32 Å². The van der Waals surface area contributed by atoms with Gasteiger partial charge in [-0.3, -0.25) is 9.59 Å². The van der Waals surface area contributed by atoms with Crippen molar-refractivity contribution in [2.24, 2.45) is 0 Å². The normalized spacial score (nSPS) is 15.8. The van der Waals surface area contributed by atoms with Crippen molar-refractivity contribution in [1.29, 1.82) is 0 Å². The van der Waals surface area contributed by atoms with Crippen LogP contribution in [-0.2, 0) is 14.3 Å². The molecule has 0 aliphatic heterocycles. The largest absolute Gasteiger partial charge is 0.382 e. The summed E-state index contributed by atoms with van der Waals surface area (Å²) in [7, 11) is 0. The third-order valence-electron chi connectivity index (χ3n) is 5.02. The molecule has 5 nitrogen and oxygen atoms in total. The van der Waals surface area contributed by atoms with E-state index >= 15 is 0 Å². The van der Waals surface area contributed by atoms with Crippen LogP contribution in [0, 0.1) is 5.82 Å². The van der Waals surface area contributed by atoms with Crippen LogP contribution in [0.4, 0.5) is 4.39 Å². The maximum atomic E-state index is 13.4. The fraction of sp³-hybridized carbons (Fsp3) is 0.619. The summed E-state index contributed by atoms with van der Waals surface area (Å²) >= 11 is 5.83. The molecule has 0 radical (unpaired) electrons. The van der Waals surface area contributed by atoms with Crippen LogP contribution < -0.4 is 5.32 Å². The van der Waals surface area contributed by atoms with Gasteiger partial charge in [0, 0.05) is 25.8 Å². The van der Waals surface area contributed by atoms with E-state index in [9.17, 15) is 14.0 Å². The average Bonchev–Trinajstić information content (AvgIpc) is 2.71. The number of nitrogens with one attached hydrogen (secondary N) is 1. The van der Waals surface area contributed by atoms with Gasteiger partial charge in [0.2, 0.25) is 11.8 Å². The highest BCUT2D eigenvalue weighted by molar-refractivity contribution is 6.27. The highest BCUT2D eigenvalue weighted by Gasteiger charge is 2.32. The number of nitrogens with zero attached hydrogens (tertiary/aromatic N) is 1. The van der Waals surface area contributed by atoms with Crippen LogP contribution in [0.3, 0.4) is 0 Å². The number of ether oxygens (including phenoxy) is 1. The molecule has 0 saturated heterocycles. The first-order valence-electron chi connectivity index (χ1n) is 10.1. The molecule has 0 spiro atoms. The van der Waals surface area contributed by atoms with Crippen LogP contribution >= 0.6 is 11.6 Å². The van der Waals surface area contributed by atoms with Crippen LogP contribution in [0.15, 0.2) is 24.3 Å². The lowest BCUT2D eigenvalue weighted by Crippen LogP contribution is -2.47. The Balaban J connectivity index is 2.23. The summed E-state index contributed by atoms with van der Waals surface area (Å²) in [4.78, 5) is 27.2. The van der Waals surface area contributed by atoms with E-state index in [4.69, 9.17) is 16.3 Å². The van der Waals surface area contributed by atoms with Crippen LogP contribution in [0.1, 0.15) is 57.1 Å². The highest BCUT2D eigenvalue weighted by atomic mass is 35.5. The molecule has 1 N–H and O–H groups in total. The van der Waals surface area contributed by atoms with Gasteiger partial charge in [0.25, 0.3) is 0 Å². The summed E-state index contributed by atoms with van der Waals surface area (Å²) in [5, 5.41) is 3.09. The van der Waals surface area contributed by atoms with Gasteiger partial charge in [0.15, 0.2) is 0 Å². The van der Waals surface area contributed by atoms with Gasteiger partial charge < -0.3 is 15.0 Å². The van der Waals surface area contributed by atoms with Crippen LogP contribution in [0.5, 0.6) is 0 Å². The van der Waals surface area contributed by atoms with E-state index < -0.39 is 6.04 Å². The van der Waals surface area contributed by atoms with Crippen molar-refractivity contribution in [1.82, 2.24) is 10.2 Å². The van der Waals surface area contributed by atoms with Crippen molar-refractivity contribution >= 4 is 23.4 Å². The fourth-order valence-corrected chi connectivity index (χ4v) is 3.75. The molecule has 0 unspecified atom stereocenters. The van der Waals surface area contributed by atoms with Gasteiger partial charge in [-0.2, -0.15) is 0 Å². The number of hydrogen-bond acceptors (Lipinski definition) is 3. The summed E-state index contributed by atoms with van der Waals surface area (Å²) in [5.74, 6) is -1.18. The first-order chi connectivity index (χ1) is 13.6. The molecular formula is C21H30ClFN2O3. The Hall–Kier alpha value is -1.66. The number of benzene rings is 1. The first-order valence-corrected chi connectivity index (χ1v) is 10.6. The molecule has 2 rings (SSSR count). The van der Waals surface area contributed by atoms with E-state index in [1.165, 1.54) is 23.5 Å². The molecule has 7 heteroatoms. The van der Waals surface area contributed by atoms with Gasteiger partial charge in [-0.15, -0.1) is 11.6 Å². The van der Waals surface area contributed by atoms with E-state index in [0.29, 0.717) is 31.7 Å². The van der Waals surface area contributed by atoms with Crippen LogP contribution in [0.25, 0.3) is 0 Å². The zero-order valence-corrected chi connectivity index (χ0v) is 17.2. The predicted molar refractivity (Wildman–Crippen MR) is 108 cm³/mol. The maximum Gasteiger partial charge on any atom is 0.247 e. The van der Waals surface area contributed by atoms with E-state index in [1.807, 2.05) is 6.92 Å². The molecule has 0 heterocycles. The monoisotopic (exact) mass is 412 g/mol. The van der Waals surface area contributed by atoms with E-state index in [1.54, 1.807) is 12.1 Å². The minimum Gasteiger partial charge on any atom is -0.382 e. The molecule has 1 fully saturated rings. The van der Waals surface area contributed by atoms with Gasteiger partial charge in [0.1, 0.15) is 17.7 Å². The Morgan fingerprint density at radius 3 is 2.54 bits per heavy atom. The zero-order valence-electron chi connectivity index (χ0n) is 16.5. The van der Waals surface area contributed by atoms with Gasteiger partial charge in [-0.1, -0.05) is 31.4 Å². The molecule has 156 valence electrons. The molecule has 0 bridgehead atoms. The Kier molecular flexibility index (Phi) is 9.71. The van der Waals surface area contributed by atoms with Crippen molar-refractivity contribution in [3.8, 4) is 0 Å². The van der Waals surface area contributed by atoms with Gasteiger partial charge >= 0.3 is 0 Å². The predicted octanol–water partition coefficient (Wildman–Crippen LogP) is 3.81. The molecule has 1 aromatic carbocycles. The van der Waals surface area contributed by atoms with Gasteiger partial charge in [0.05, 0.1) is 0 Å². The molecule has 1 aromatic rings.